The quantitative estimate of drug-likeness (QED) is 0.488. The molecule has 1 rings (SSSR count). The van der Waals surface area contributed by atoms with Gasteiger partial charge in [-0.15, -0.1) is 0 Å². The van der Waals surface area contributed by atoms with Crippen molar-refractivity contribution < 1.29 is 0 Å². The van der Waals surface area contributed by atoms with Crippen LogP contribution in [0.1, 0.15) is 32.6 Å². The average Bonchev–Trinajstić information content (AvgIpc) is 2.01. The zero-order valence-electron chi connectivity index (χ0n) is 7.22. The summed E-state index contributed by atoms with van der Waals surface area (Å²) in [6, 6.07) is 0. The lowest BCUT2D eigenvalue weighted by molar-refractivity contribution is 0.325. The molecule has 2 atom stereocenters. The molecule has 0 N–H and O–H groups in total. The molecule has 0 nitrogen and oxygen atoms in total. The molecule has 1 fully saturated rings. The number of halogens is 1. The normalized spacial score (nSPS) is 32.9. The zero-order chi connectivity index (χ0) is 8.10. The monoisotopic (exact) mass is 216 g/mol. The van der Waals surface area contributed by atoms with Gasteiger partial charge in [0.25, 0.3) is 0 Å². The van der Waals surface area contributed by atoms with Crippen molar-refractivity contribution in [3.05, 3.63) is 12.2 Å². The molecule has 0 radical (unpaired) electrons. The molecule has 0 aliphatic heterocycles. The minimum atomic E-state index is 0.872. The Bertz CT molecular complexity index is 129. The van der Waals surface area contributed by atoms with Gasteiger partial charge in [-0.1, -0.05) is 47.8 Å². The van der Waals surface area contributed by atoms with Crippen LogP contribution in [0.15, 0.2) is 12.2 Å². The van der Waals surface area contributed by atoms with E-state index in [1.807, 2.05) is 0 Å². The van der Waals surface area contributed by atoms with Crippen LogP contribution in [0.4, 0.5) is 0 Å². The second-order valence-electron chi connectivity index (χ2n) is 3.61. The van der Waals surface area contributed by atoms with Gasteiger partial charge in [0.05, 0.1) is 0 Å². The Balaban J connectivity index is 2.28. The van der Waals surface area contributed by atoms with Gasteiger partial charge in [0, 0.05) is 5.33 Å². The lowest BCUT2D eigenvalue weighted by Crippen LogP contribution is -2.10. The van der Waals surface area contributed by atoms with E-state index in [9.17, 15) is 0 Å². The van der Waals surface area contributed by atoms with E-state index in [0.717, 1.165) is 17.2 Å². The van der Waals surface area contributed by atoms with Crippen LogP contribution in [0.2, 0.25) is 0 Å². The average molecular weight is 217 g/mol. The maximum absolute atomic E-state index is 3.40. The van der Waals surface area contributed by atoms with Crippen molar-refractivity contribution in [3.63, 3.8) is 0 Å². The van der Waals surface area contributed by atoms with Crippen molar-refractivity contribution in [1.29, 1.82) is 0 Å². The van der Waals surface area contributed by atoms with Crippen LogP contribution in [0.3, 0.4) is 0 Å². The molecule has 0 aromatic rings. The summed E-state index contributed by atoms with van der Waals surface area (Å²) in [6.45, 7) is 2.37. The molecule has 0 saturated heterocycles. The third-order valence-electron chi connectivity index (χ3n) is 2.47. The van der Waals surface area contributed by atoms with Crippen LogP contribution in [0.25, 0.3) is 0 Å². The molecule has 1 aliphatic carbocycles. The molecule has 0 aromatic carbocycles. The van der Waals surface area contributed by atoms with Gasteiger partial charge >= 0.3 is 0 Å². The predicted octanol–water partition coefficient (Wildman–Crippen LogP) is 3.76. The molecule has 11 heavy (non-hydrogen) atoms. The molecule has 0 spiro atoms. The lowest BCUT2D eigenvalue weighted by atomic mass is 9.82. The molecule has 0 heterocycles. The first-order valence-corrected chi connectivity index (χ1v) is 5.67. The van der Waals surface area contributed by atoms with E-state index in [4.69, 9.17) is 0 Å². The fourth-order valence-corrected chi connectivity index (χ4v) is 2.12. The number of hydrogen-bond acceptors (Lipinski definition) is 0. The molecule has 64 valence electrons. The van der Waals surface area contributed by atoms with E-state index in [0.29, 0.717) is 0 Å². The van der Waals surface area contributed by atoms with Crippen molar-refractivity contribution in [2.24, 2.45) is 11.8 Å². The molecule has 1 saturated carbocycles. The van der Waals surface area contributed by atoms with Crippen LogP contribution >= 0.6 is 15.9 Å². The molecule has 0 amide bonds. The number of allylic oxidation sites excluding steroid dienone is 2. The Morgan fingerprint density at radius 1 is 1.45 bits per heavy atom. The maximum atomic E-state index is 3.40. The van der Waals surface area contributed by atoms with Crippen molar-refractivity contribution in [2.45, 2.75) is 32.6 Å². The second-order valence-corrected chi connectivity index (χ2v) is 4.26. The fourth-order valence-electron chi connectivity index (χ4n) is 1.90. The zero-order valence-corrected chi connectivity index (χ0v) is 8.81. The second kappa shape index (κ2) is 4.97. The van der Waals surface area contributed by atoms with Crippen LogP contribution < -0.4 is 0 Å². The highest BCUT2D eigenvalue weighted by molar-refractivity contribution is 9.09. The highest BCUT2D eigenvalue weighted by Crippen LogP contribution is 2.29. The summed E-state index contributed by atoms with van der Waals surface area (Å²) in [5.41, 5.74) is 0. The summed E-state index contributed by atoms with van der Waals surface area (Å²) >= 11 is 3.40. The fraction of sp³-hybridized carbons (Fsp3) is 0.800. The van der Waals surface area contributed by atoms with Gasteiger partial charge in [-0.2, -0.15) is 0 Å². The Kier molecular flexibility index (Phi) is 4.21. The van der Waals surface area contributed by atoms with Gasteiger partial charge in [-0.05, 0) is 24.7 Å². The van der Waals surface area contributed by atoms with E-state index in [-0.39, 0.29) is 0 Å². The maximum Gasteiger partial charge on any atom is 0.0212 e. The van der Waals surface area contributed by atoms with E-state index in [2.05, 4.69) is 35.0 Å². The Labute approximate surface area is 78.2 Å². The molecule has 1 aliphatic rings. The van der Waals surface area contributed by atoms with Gasteiger partial charge < -0.3 is 0 Å². The highest BCUT2D eigenvalue weighted by atomic mass is 79.9. The molecular weight excluding hydrogens is 200 g/mol. The van der Waals surface area contributed by atoms with E-state index in [1.54, 1.807) is 0 Å². The number of alkyl halides is 1. The summed E-state index contributed by atoms with van der Waals surface area (Å²) < 4.78 is 0. The van der Waals surface area contributed by atoms with Crippen LogP contribution in [0, 0.1) is 11.8 Å². The van der Waals surface area contributed by atoms with E-state index < -0.39 is 0 Å². The number of hydrogen-bond donors (Lipinski definition) is 0. The van der Waals surface area contributed by atoms with Gasteiger partial charge in [0.1, 0.15) is 0 Å². The molecule has 2 unspecified atom stereocenters. The highest BCUT2D eigenvalue weighted by Gasteiger charge is 2.15. The third-order valence-corrected chi connectivity index (χ3v) is 2.85. The smallest absolute Gasteiger partial charge is 0.0212 e. The SMILES string of the molecule is CC1CCCC(/C=C/CBr)C1. The van der Waals surface area contributed by atoms with Gasteiger partial charge in [0.2, 0.25) is 0 Å². The summed E-state index contributed by atoms with van der Waals surface area (Å²) in [7, 11) is 0. The Morgan fingerprint density at radius 3 is 2.91 bits per heavy atom. The largest absolute Gasteiger partial charge is 0.0883 e. The van der Waals surface area contributed by atoms with Crippen molar-refractivity contribution in [2.75, 3.05) is 5.33 Å². The van der Waals surface area contributed by atoms with Crippen LogP contribution in [-0.2, 0) is 0 Å². The minimum absolute atomic E-state index is 0.872. The summed E-state index contributed by atoms with van der Waals surface area (Å²) in [6.07, 6.45) is 10.3. The van der Waals surface area contributed by atoms with Crippen LogP contribution in [-0.4, -0.2) is 5.33 Å². The molecule has 0 bridgehead atoms. The standard InChI is InChI=1S/C10H17Br/c1-9-4-2-5-10(8-9)6-3-7-11/h3,6,9-10H,2,4-5,7-8H2,1H3/b6-3+. The Morgan fingerprint density at radius 2 is 2.27 bits per heavy atom. The molecule has 0 aromatic heterocycles. The first-order valence-electron chi connectivity index (χ1n) is 4.55. The van der Waals surface area contributed by atoms with Crippen molar-refractivity contribution >= 4 is 15.9 Å². The number of rotatable bonds is 2. The lowest BCUT2D eigenvalue weighted by Gasteiger charge is -2.23. The van der Waals surface area contributed by atoms with Crippen molar-refractivity contribution in [3.8, 4) is 0 Å². The summed E-state index contributed by atoms with van der Waals surface area (Å²) in [5, 5.41) is 1.01. The van der Waals surface area contributed by atoms with Crippen molar-refractivity contribution in [1.82, 2.24) is 0 Å². The summed E-state index contributed by atoms with van der Waals surface area (Å²) in [4.78, 5) is 0. The van der Waals surface area contributed by atoms with Gasteiger partial charge in [-0.25, -0.2) is 0 Å². The van der Waals surface area contributed by atoms with Gasteiger partial charge in [-0.3, -0.25) is 0 Å². The summed E-state index contributed by atoms with van der Waals surface area (Å²) in [5.74, 6) is 1.82. The van der Waals surface area contributed by atoms with Gasteiger partial charge in [0.15, 0.2) is 0 Å². The topological polar surface area (TPSA) is 0 Å². The third kappa shape index (κ3) is 3.42. The van der Waals surface area contributed by atoms with E-state index in [1.165, 1.54) is 25.7 Å². The molecule has 1 heteroatoms. The first kappa shape index (κ1) is 9.31. The van der Waals surface area contributed by atoms with E-state index >= 15 is 0 Å². The minimum Gasteiger partial charge on any atom is -0.0883 e. The predicted molar refractivity (Wildman–Crippen MR) is 54.1 cm³/mol. The van der Waals surface area contributed by atoms with Crippen LogP contribution in [0.5, 0.6) is 0 Å². The Hall–Kier alpha value is 0.220. The molecular formula is C10H17Br. The first-order chi connectivity index (χ1) is 5.33.